The number of ether oxygens (including phenoxy) is 1. The molecule has 0 bridgehead atoms. The van der Waals surface area contributed by atoms with Crippen molar-refractivity contribution in [3.05, 3.63) is 59.9 Å². The van der Waals surface area contributed by atoms with Crippen molar-refractivity contribution in [3.8, 4) is 0 Å². The molecule has 5 nitrogen and oxygen atoms in total. The van der Waals surface area contributed by atoms with Crippen LogP contribution in [0.5, 0.6) is 0 Å². The number of anilines is 1. The van der Waals surface area contributed by atoms with Crippen LogP contribution in [0.15, 0.2) is 52.9 Å². The number of hydrogen-bond donors (Lipinski definition) is 0. The van der Waals surface area contributed by atoms with Crippen LogP contribution in [-0.2, 0) is 4.74 Å². The van der Waals surface area contributed by atoms with Gasteiger partial charge in [-0.1, -0.05) is 41.7 Å². The topological polar surface area (TPSA) is 55.6 Å². The molecule has 1 aliphatic heterocycles. The molecule has 0 unspecified atom stereocenters. The van der Waals surface area contributed by atoms with E-state index in [1.165, 1.54) is 11.3 Å². The quantitative estimate of drug-likeness (QED) is 0.480. The smallest absolute Gasteiger partial charge is 0.296 e. The molecule has 0 aliphatic carbocycles. The summed E-state index contributed by atoms with van der Waals surface area (Å²) in [6, 6.07) is 15.7. The summed E-state index contributed by atoms with van der Waals surface area (Å²) < 4.78 is 12.8. The summed E-state index contributed by atoms with van der Waals surface area (Å²) in [5, 5.41) is 1.65. The van der Waals surface area contributed by atoms with Gasteiger partial charge >= 0.3 is 0 Å². The minimum atomic E-state index is -0.164. The number of aromatic nitrogens is 1. The number of fused-ring (bicyclic) bond motifs is 2. The van der Waals surface area contributed by atoms with Gasteiger partial charge in [0.05, 0.1) is 22.9 Å². The summed E-state index contributed by atoms with van der Waals surface area (Å²) in [4.78, 5) is 20.0. The molecule has 1 amide bonds. The van der Waals surface area contributed by atoms with E-state index in [4.69, 9.17) is 14.1 Å². The average molecular weight is 392 g/mol. The molecule has 0 N–H and O–H groups in total. The van der Waals surface area contributed by atoms with Crippen LogP contribution < -0.4 is 4.90 Å². The normalized spacial score (nSPS) is 16.8. The van der Waals surface area contributed by atoms with Crippen LogP contribution in [-0.4, -0.2) is 30.1 Å². The van der Waals surface area contributed by atoms with Crippen LogP contribution in [0.2, 0.25) is 0 Å². The first-order chi connectivity index (χ1) is 13.7. The largest absolute Gasteiger partial charge is 0.451 e. The van der Waals surface area contributed by atoms with E-state index in [1.54, 1.807) is 4.90 Å². The number of carbonyl (C=O) groups is 1. The second-order valence-electron chi connectivity index (χ2n) is 7.07. The second kappa shape index (κ2) is 7.04. The molecule has 1 aliphatic rings. The maximum Gasteiger partial charge on any atom is 0.296 e. The first kappa shape index (κ1) is 17.4. The zero-order valence-electron chi connectivity index (χ0n) is 15.6. The molecule has 2 aromatic heterocycles. The zero-order valence-corrected chi connectivity index (χ0v) is 16.4. The van der Waals surface area contributed by atoms with Crippen LogP contribution in [0.1, 0.15) is 29.0 Å². The maximum atomic E-state index is 13.5. The highest BCUT2D eigenvalue weighted by Gasteiger charge is 2.30. The number of hydrogen-bond acceptors (Lipinski definition) is 5. The van der Waals surface area contributed by atoms with Gasteiger partial charge in [0.25, 0.3) is 5.91 Å². The number of furan rings is 1. The van der Waals surface area contributed by atoms with Crippen LogP contribution in [0, 0.1) is 6.92 Å². The number of para-hydroxylation sites is 2. The Morgan fingerprint density at radius 2 is 2.04 bits per heavy atom. The van der Waals surface area contributed by atoms with Crippen LogP contribution >= 0.6 is 11.3 Å². The number of nitrogens with zero attached hydrogens (tertiary/aromatic N) is 2. The summed E-state index contributed by atoms with van der Waals surface area (Å²) in [7, 11) is 0. The Morgan fingerprint density at radius 1 is 1.21 bits per heavy atom. The van der Waals surface area contributed by atoms with E-state index in [2.05, 4.69) is 0 Å². The molecule has 3 heterocycles. The number of benzene rings is 2. The van der Waals surface area contributed by atoms with Gasteiger partial charge in [0.2, 0.25) is 0 Å². The van der Waals surface area contributed by atoms with Gasteiger partial charge in [-0.15, -0.1) is 0 Å². The van der Waals surface area contributed by atoms with Gasteiger partial charge in [-0.05, 0) is 38.0 Å². The SMILES string of the molecule is Cc1c(C(=O)N(C[C@H]2CCCO2)c2nc3ccccc3s2)oc2ccccc12. The van der Waals surface area contributed by atoms with Gasteiger partial charge in [-0.2, -0.15) is 0 Å². The third-order valence-corrected chi connectivity index (χ3v) is 6.27. The number of rotatable bonds is 4. The molecule has 1 fully saturated rings. The van der Waals surface area contributed by atoms with Crippen molar-refractivity contribution in [2.45, 2.75) is 25.9 Å². The van der Waals surface area contributed by atoms with Crippen molar-refractivity contribution < 1.29 is 13.9 Å². The Balaban J connectivity index is 1.57. The van der Waals surface area contributed by atoms with E-state index in [0.717, 1.165) is 46.2 Å². The summed E-state index contributed by atoms with van der Waals surface area (Å²) >= 11 is 1.52. The Morgan fingerprint density at radius 3 is 2.82 bits per heavy atom. The summed E-state index contributed by atoms with van der Waals surface area (Å²) in [6.45, 7) is 3.16. The van der Waals surface area contributed by atoms with Crippen LogP contribution in [0.4, 0.5) is 5.13 Å². The van der Waals surface area contributed by atoms with Crippen molar-refractivity contribution in [1.29, 1.82) is 0 Å². The Kier molecular flexibility index (Phi) is 4.37. The van der Waals surface area contributed by atoms with Crippen molar-refractivity contribution in [2.24, 2.45) is 0 Å². The van der Waals surface area contributed by atoms with E-state index in [0.29, 0.717) is 17.4 Å². The number of aryl methyl sites for hydroxylation is 1. The van der Waals surface area contributed by atoms with Gasteiger partial charge < -0.3 is 9.15 Å². The van der Waals surface area contributed by atoms with E-state index < -0.39 is 0 Å². The fourth-order valence-corrected chi connectivity index (χ4v) is 4.69. The molecule has 1 atom stereocenters. The van der Waals surface area contributed by atoms with Crippen molar-refractivity contribution in [2.75, 3.05) is 18.1 Å². The van der Waals surface area contributed by atoms with Gasteiger partial charge in [0.15, 0.2) is 10.9 Å². The molecule has 0 spiro atoms. The minimum Gasteiger partial charge on any atom is -0.451 e. The predicted molar refractivity (Wildman–Crippen MR) is 111 cm³/mol. The zero-order chi connectivity index (χ0) is 19.1. The lowest BCUT2D eigenvalue weighted by atomic mass is 10.1. The van der Waals surface area contributed by atoms with E-state index in [-0.39, 0.29) is 12.0 Å². The number of thiazole rings is 1. The monoisotopic (exact) mass is 392 g/mol. The molecular weight excluding hydrogens is 372 g/mol. The molecule has 0 radical (unpaired) electrons. The van der Waals surface area contributed by atoms with Crippen LogP contribution in [0.25, 0.3) is 21.2 Å². The first-order valence-corrected chi connectivity index (χ1v) is 10.3. The molecular formula is C22H20N2O3S. The Bertz CT molecular complexity index is 1120. The first-order valence-electron chi connectivity index (χ1n) is 9.48. The third-order valence-electron chi connectivity index (χ3n) is 5.21. The molecule has 5 rings (SSSR count). The van der Waals surface area contributed by atoms with Gasteiger partial charge in [-0.25, -0.2) is 4.98 Å². The average Bonchev–Trinajstić information content (AvgIpc) is 3.44. The van der Waals surface area contributed by atoms with Crippen molar-refractivity contribution in [3.63, 3.8) is 0 Å². The fourth-order valence-electron chi connectivity index (χ4n) is 3.72. The predicted octanol–water partition coefficient (Wildman–Crippen LogP) is 5.18. The summed E-state index contributed by atoms with van der Waals surface area (Å²) in [5.41, 5.74) is 2.48. The molecule has 6 heteroatoms. The lowest BCUT2D eigenvalue weighted by Crippen LogP contribution is -2.37. The van der Waals surface area contributed by atoms with Gasteiger partial charge in [0, 0.05) is 17.6 Å². The Labute approximate surface area is 166 Å². The lowest BCUT2D eigenvalue weighted by Gasteiger charge is -2.22. The van der Waals surface area contributed by atoms with Crippen molar-refractivity contribution >= 4 is 43.6 Å². The second-order valence-corrected chi connectivity index (χ2v) is 8.08. The van der Waals surface area contributed by atoms with E-state index >= 15 is 0 Å². The highest BCUT2D eigenvalue weighted by Crippen LogP contribution is 2.33. The van der Waals surface area contributed by atoms with Crippen LogP contribution in [0.3, 0.4) is 0 Å². The molecule has 0 saturated carbocycles. The highest BCUT2D eigenvalue weighted by molar-refractivity contribution is 7.22. The van der Waals surface area contributed by atoms with Crippen molar-refractivity contribution in [1.82, 2.24) is 4.98 Å². The number of amides is 1. The summed E-state index contributed by atoms with van der Waals surface area (Å²) in [5.74, 6) is 0.210. The molecule has 4 aromatic rings. The van der Waals surface area contributed by atoms with Gasteiger partial charge in [0.1, 0.15) is 5.58 Å². The highest BCUT2D eigenvalue weighted by atomic mass is 32.1. The molecule has 1 saturated heterocycles. The minimum absolute atomic E-state index is 0.0284. The Hall–Kier alpha value is -2.70. The van der Waals surface area contributed by atoms with Gasteiger partial charge in [-0.3, -0.25) is 9.69 Å². The fraction of sp³-hybridized carbons (Fsp3) is 0.273. The molecule has 142 valence electrons. The summed E-state index contributed by atoms with van der Waals surface area (Å²) in [6.07, 6.45) is 2.00. The molecule has 28 heavy (non-hydrogen) atoms. The standard InChI is InChI=1S/C22H20N2O3S/c1-14-16-8-2-4-10-18(16)27-20(14)21(25)24(13-15-7-6-12-26-15)22-23-17-9-3-5-11-19(17)28-22/h2-5,8-11,15H,6-7,12-13H2,1H3/t15-/m1/s1. The van der Waals surface area contributed by atoms with E-state index in [9.17, 15) is 4.79 Å². The third kappa shape index (κ3) is 2.99. The lowest BCUT2D eigenvalue weighted by molar-refractivity contribution is 0.0896. The van der Waals surface area contributed by atoms with E-state index in [1.807, 2.05) is 55.5 Å². The maximum absolute atomic E-state index is 13.5. The number of carbonyl (C=O) groups excluding carboxylic acids is 1. The molecule has 2 aromatic carbocycles.